The Balaban J connectivity index is 0.000000414. The second-order valence-corrected chi connectivity index (χ2v) is 14.4. The molecule has 0 nitrogen and oxygen atoms in total. The number of thioether (sulfide) groups is 1. The van der Waals surface area contributed by atoms with Gasteiger partial charge in [0.15, 0.2) is 0 Å². The van der Waals surface area contributed by atoms with Crippen molar-refractivity contribution >= 4 is 33.3 Å². The van der Waals surface area contributed by atoms with E-state index in [2.05, 4.69) is 60.2 Å². The Morgan fingerprint density at radius 3 is 1.83 bits per heavy atom. The van der Waals surface area contributed by atoms with Gasteiger partial charge in [-0.05, 0) is 66.9 Å². The summed E-state index contributed by atoms with van der Waals surface area (Å²) in [5.41, 5.74) is 0. The highest BCUT2D eigenvalue weighted by atomic mass is 33.1. The Kier molecular flexibility index (Phi) is 17.0. The van der Waals surface area contributed by atoms with E-state index in [0.29, 0.717) is 0 Å². The van der Waals surface area contributed by atoms with Crippen LogP contribution in [-0.4, -0.2) is 22.5 Å². The summed E-state index contributed by atoms with van der Waals surface area (Å²) in [6.07, 6.45) is 14.2. The first-order valence-corrected chi connectivity index (χ1v) is 16.8. The van der Waals surface area contributed by atoms with Crippen molar-refractivity contribution in [2.24, 2.45) is 35.5 Å². The standard InChI is InChI=1S/C20H40S.C7H14S2/c1-6-9-10-13-20-17(5)14-16(4)19(12-8-3)18(11-7-2)15-21-20;1-6-3-7(2)5-9-8-4-6/h16-20H,6-15H2,1-5H3;6-7H,3-5H2,1-2H3. The van der Waals surface area contributed by atoms with E-state index in [-0.39, 0.29) is 0 Å². The summed E-state index contributed by atoms with van der Waals surface area (Å²) >= 11 is 2.34. The highest BCUT2D eigenvalue weighted by molar-refractivity contribution is 8.76. The van der Waals surface area contributed by atoms with Gasteiger partial charge in [-0.25, -0.2) is 0 Å². The normalized spacial score (nSPS) is 35.5. The third-order valence-corrected chi connectivity index (χ3v) is 11.8. The fraction of sp³-hybridized carbons (Fsp3) is 1.00. The van der Waals surface area contributed by atoms with Crippen LogP contribution >= 0.6 is 33.3 Å². The summed E-state index contributed by atoms with van der Waals surface area (Å²) in [6, 6.07) is 0. The highest BCUT2D eigenvalue weighted by Crippen LogP contribution is 2.42. The molecule has 2 fully saturated rings. The molecule has 2 heterocycles. The van der Waals surface area contributed by atoms with Gasteiger partial charge in [-0.2, -0.15) is 11.8 Å². The molecule has 0 aromatic heterocycles. The lowest BCUT2D eigenvalue weighted by Gasteiger charge is -2.39. The van der Waals surface area contributed by atoms with Crippen molar-refractivity contribution in [3.8, 4) is 0 Å². The van der Waals surface area contributed by atoms with Gasteiger partial charge >= 0.3 is 0 Å². The zero-order valence-corrected chi connectivity index (χ0v) is 23.9. The van der Waals surface area contributed by atoms with E-state index in [4.69, 9.17) is 0 Å². The Morgan fingerprint density at radius 2 is 1.27 bits per heavy atom. The van der Waals surface area contributed by atoms with Crippen LogP contribution in [0.25, 0.3) is 0 Å². The zero-order valence-electron chi connectivity index (χ0n) is 21.5. The lowest BCUT2D eigenvalue weighted by Crippen LogP contribution is -2.31. The van der Waals surface area contributed by atoms with Gasteiger partial charge in [-0.3, -0.25) is 0 Å². The second-order valence-electron chi connectivity index (χ2n) is 10.6. The zero-order chi connectivity index (χ0) is 22.4. The van der Waals surface area contributed by atoms with E-state index in [1.54, 1.807) is 0 Å². The van der Waals surface area contributed by atoms with Crippen LogP contribution in [0.2, 0.25) is 0 Å². The van der Waals surface area contributed by atoms with Crippen molar-refractivity contribution in [1.29, 1.82) is 0 Å². The maximum Gasteiger partial charge on any atom is 0.00728 e. The second kappa shape index (κ2) is 17.5. The minimum absolute atomic E-state index is 0.920. The van der Waals surface area contributed by atoms with Crippen molar-refractivity contribution in [2.45, 2.75) is 118 Å². The summed E-state index contributed by atoms with van der Waals surface area (Å²) in [7, 11) is 4.09. The highest BCUT2D eigenvalue weighted by Gasteiger charge is 2.32. The van der Waals surface area contributed by atoms with Crippen LogP contribution in [0.3, 0.4) is 0 Å². The quantitative estimate of drug-likeness (QED) is 0.253. The van der Waals surface area contributed by atoms with Crippen LogP contribution < -0.4 is 0 Å². The molecule has 7 atom stereocenters. The molecule has 0 aliphatic carbocycles. The van der Waals surface area contributed by atoms with Crippen molar-refractivity contribution in [3.05, 3.63) is 0 Å². The van der Waals surface area contributed by atoms with Crippen LogP contribution in [0.1, 0.15) is 113 Å². The summed E-state index contributed by atoms with van der Waals surface area (Å²) < 4.78 is 0. The molecule has 3 heteroatoms. The molecule has 0 aromatic rings. The summed E-state index contributed by atoms with van der Waals surface area (Å²) in [5, 5.41) is 0.931. The molecule has 0 saturated carbocycles. The molecule has 2 aliphatic heterocycles. The van der Waals surface area contributed by atoms with Gasteiger partial charge in [0.1, 0.15) is 0 Å². The van der Waals surface area contributed by atoms with Gasteiger partial charge in [0.2, 0.25) is 0 Å². The van der Waals surface area contributed by atoms with E-state index < -0.39 is 0 Å². The Morgan fingerprint density at radius 1 is 0.633 bits per heavy atom. The summed E-state index contributed by atoms with van der Waals surface area (Å²) in [5.74, 6) is 9.86. The maximum atomic E-state index is 2.55. The first kappa shape index (κ1) is 29.1. The fourth-order valence-corrected chi connectivity index (χ4v) is 10.1. The molecule has 0 radical (unpaired) electrons. The first-order valence-electron chi connectivity index (χ1n) is 13.3. The van der Waals surface area contributed by atoms with E-state index in [1.807, 2.05) is 21.6 Å². The van der Waals surface area contributed by atoms with Gasteiger partial charge in [-0.15, -0.1) is 0 Å². The van der Waals surface area contributed by atoms with E-state index in [1.165, 1.54) is 81.5 Å². The summed E-state index contributed by atoms with van der Waals surface area (Å²) in [4.78, 5) is 0. The van der Waals surface area contributed by atoms with Gasteiger partial charge < -0.3 is 0 Å². The van der Waals surface area contributed by atoms with Crippen LogP contribution in [-0.2, 0) is 0 Å². The number of rotatable bonds is 8. The monoisotopic (exact) mass is 474 g/mol. The van der Waals surface area contributed by atoms with Crippen molar-refractivity contribution < 1.29 is 0 Å². The maximum absolute atomic E-state index is 2.55. The number of hydrogen-bond acceptors (Lipinski definition) is 3. The smallest absolute Gasteiger partial charge is 0.00728 e. The predicted molar refractivity (Wildman–Crippen MR) is 148 cm³/mol. The van der Waals surface area contributed by atoms with Gasteiger partial charge in [0.05, 0.1) is 0 Å². The largest absolute Gasteiger partial charge is 0.158 e. The van der Waals surface area contributed by atoms with Gasteiger partial charge in [-0.1, -0.05) is 109 Å². The third kappa shape index (κ3) is 11.8. The van der Waals surface area contributed by atoms with Crippen LogP contribution in [0.4, 0.5) is 0 Å². The Bertz CT molecular complexity index is 390. The topological polar surface area (TPSA) is 0 Å². The van der Waals surface area contributed by atoms with Crippen LogP contribution in [0.5, 0.6) is 0 Å². The van der Waals surface area contributed by atoms with Crippen LogP contribution in [0, 0.1) is 35.5 Å². The number of unbranched alkanes of at least 4 members (excludes halogenated alkanes) is 2. The van der Waals surface area contributed by atoms with Crippen molar-refractivity contribution in [3.63, 3.8) is 0 Å². The molecule has 0 amide bonds. The van der Waals surface area contributed by atoms with Gasteiger partial charge in [0, 0.05) is 16.8 Å². The molecule has 180 valence electrons. The Labute approximate surface area is 203 Å². The average Bonchev–Trinajstić information content (AvgIpc) is 2.90. The molecule has 0 bridgehead atoms. The first-order chi connectivity index (χ1) is 14.4. The molecule has 2 rings (SSSR count). The molecule has 0 spiro atoms. The molecule has 30 heavy (non-hydrogen) atoms. The minimum Gasteiger partial charge on any atom is -0.158 e. The van der Waals surface area contributed by atoms with Gasteiger partial charge in [0.25, 0.3) is 0 Å². The van der Waals surface area contributed by atoms with E-state index in [9.17, 15) is 0 Å². The molecular weight excluding hydrogens is 420 g/mol. The molecule has 2 saturated heterocycles. The third-order valence-electron chi connectivity index (χ3n) is 7.21. The van der Waals surface area contributed by atoms with Crippen molar-refractivity contribution in [1.82, 2.24) is 0 Å². The van der Waals surface area contributed by atoms with E-state index in [0.717, 1.165) is 40.8 Å². The lowest BCUT2D eigenvalue weighted by atomic mass is 9.74. The van der Waals surface area contributed by atoms with Crippen molar-refractivity contribution in [2.75, 3.05) is 17.3 Å². The molecule has 7 unspecified atom stereocenters. The average molecular weight is 475 g/mol. The Hall–Kier alpha value is 1.05. The molecule has 0 N–H and O–H groups in total. The number of hydrogen-bond donors (Lipinski definition) is 0. The summed E-state index contributed by atoms with van der Waals surface area (Å²) in [6.45, 7) is 16.9. The molecule has 0 aromatic carbocycles. The van der Waals surface area contributed by atoms with Crippen LogP contribution in [0.15, 0.2) is 0 Å². The van der Waals surface area contributed by atoms with E-state index >= 15 is 0 Å². The predicted octanol–water partition coefficient (Wildman–Crippen LogP) is 10.2. The molecular formula is C27H54S3. The lowest BCUT2D eigenvalue weighted by molar-refractivity contribution is 0.192. The minimum atomic E-state index is 0.920. The SMILES string of the molecule is CC1CSSCC(C)C1.CCCCCC1SCC(CCC)C(CCC)C(C)CC1C. The molecule has 2 aliphatic rings. The fourth-order valence-electron chi connectivity index (χ4n) is 5.55.